The number of rotatable bonds is 5. The zero-order valence-electron chi connectivity index (χ0n) is 10.5. The second-order valence-electron chi connectivity index (χ2n) is 4.51. The maximum Gasteiger partial charge on any atom is 0.220 e. The van der Waals surface area contributed by atoms with E-state index in [1.165, 1.54) is 6.07 Å². The Morgan fingerprint density at radius 3 is 2.56 bits per heavy atom. The Bertz CT molecular complexity index is 423. The minimum Gasteiger partial charge on any atom is -0.350 e. The number of halogens is 2. The van der Waals surface area contributed by atoms with Gasteiger partial charge in [0, 0.05) is 6.42 Å². The highest BCUT2D eigenvalue weighted by molar-refractivity contribution is 5.76. The van der Waals surface area contributed by atoms with Crippen molar-refractivity contribution >= 4 is 5.91 Å². The van der Waals surface area contributed by atoms with Crippen LogP contribution in [0.2, 0.25) is 0 Å². The van der Waals surface area contributed by atoms with Gasteiger partial charge in [-0.1, -0.05) is 13.0 Å². The molecule has 0 saturated carbocycles. The van der Waals surface area contributed by atoms with Crippen molar-refractivity contribution in [1.82, 2.24) is 5.32 Å². The summed E-state index contributed by atoms with van der Waals surface area (Å²) in [6.45, 7) is 4.03. The summed E-state index contributed by atoms with van der Waals surface area (Å²) in [6.07, 6.45) is 0.324. The van der Waals surface area contributed by atoms with Crippen LogP contribution in [0.25, 0.3) is 0 Å². The minimum absolute atomic E-state index is 0.0992. The molecule has 5 heteroatoms. The number of benzene rings is 1. The van der Waals surface area contributed by atoms with Gasteiger partial charge < -0.3 is 11.1 Å². The van der Waals surface area contributed by atoms with Gasteiger partial charge in [0.15, 0.2) is 11.6 Å². The highest BCUT2D eigenvalue weighted by atomic mass is 19.2. The molecule has 0 fully saturated rings. The quantitative estimate of drug-likeness (QED) is 0.848. The number of carbonyl (C=O) groups is 1. The fourth-order valence-corrected chi connectivity index (χ4v) is 1.57. The fourth-order valence-electron chi connectivity index (χ4n) is 1.57. The lowest BCUT2D eigenvalue weighted by atomic mass is 10.1. The maximum atomic E-state index is 13.0. The molecular weight excluding hydrogens is 238 g/mol. The van der Waals surface area contributed by atoms with Crippen LogP contribution in [0.4, 0.5) is 8.78 Å². The first-order valence-electron chi connectivity index (χ1n) is 5.88. The standard InChI is InChI=1S/C13H18F2N2O/c1-8(7-16)5-13(18)17-9(2)10-3-4-11(14)12(15)6-10/h3-4,6,8-9H,5,7,16H2,1-2H3,(H,17,18). The van der Waals surface area contributed by atoms with Gasteiger partial charge in [0.2, 0.25) is 5.91 Å². The first-order valence-corrected chi connectivity index (χ1v) is 5.88. The molecule has 0 aliphatic rings. The van der Waals surface area contributed by atoms with Gasteiger partial charge in [0.25, 0.3) is 0 Å². The van der Waals surface area contributed by atoms with E-state index in [1.54, 1.807) is 6.92 Å². The fraction of sp³-hybridized carbons (Fsp3) is 0.462. The van der Waals surface area contributed by atoms with Crippen molar-refractivity contribution in [2.24, 2.45) is 11.7 Å². The third kappa shape index (κ3) is 4.07. The average molecular weight is 256 g/mol. The van der Waals surface area contributed by atoms with Crippen LogP contribution in [-0.2, 0) is 4.79 Å². The van der Waals surface area contributed by atoms with Crippen LogP contribution in [-0.4, -0.2) is 12.5 Å². The van der Waals surface area contributed by atoms with Gasteiger partial charge >= 0.3 is 0 Å². The van der Waals surface area contributed by atoms with Gasteiger partial charge in [0.1, 0.15) is 0 Å². The lowest BCUT2D eigenvalue weighted by Crippen LogP contribution is -2.29. The zero-order chi connectivity index (χ0) is 13.7. The molecule has 100 valence electrons. The van der Waals surface area contributed by atoms with E-state index in [4.69, 9.17) is 5.73 Å². The molecule has 0 spiro atoms. The summed E-state index contributed by atoms with van der Waals surface area (Å²) in [5.74, 6) is -1.86. The number of hydrogen-bond acceptors (Lipinski definition) is 2. The van der Waals surface area contributed by atoms with E-state index >= 15 is 0 Å². The summed E-state index contributed by atoms with van der Waals surface area (Å²) >= 11 is 0. The predicted octanol–water partition coefficient (Wildman–Crippen LogP) is 2.13. The second-order valence-corrected chi connectivity index (χ2v) is 4.51. The molecule has 0 aromatic heterocycles. The van der Waals surface area contributed by atoms with Gasteiger partial charge in [-0.15, -0.1) is 0 Å². The number of carbonyl (C=O) groups excluding carboxylic acids is 1. The highest BCUT2D eigenvalue weighted by Gasteiger charge is 2.13. The largest absolute Gasteiger partial charge is 0.350 e. The Hall–Kier alpha value is -1.49. The van der Waals surface area contributed by atoms with Crippen LogP contribution in [0.15, 0.2) is 18.2 Å². The summed E-state index contributed by atoms with van der Waals surface area (Å²) in [7, 11) is 0. The first-order chi connectivity index (χ1) is 8.43. The van der Waals surface area contributed by atoms with Crippen molar-refractivity contribution in [1.29, 1.82) is 0 Å². The normalized spacial score (nSPS) is 14.1. The Morgan fingerprint density at radius 2 is 2.00 bits per heavy atom. The van der Waals surface area contributed by atoms with E-state index < -0.39 is 11.6 Å². The van der Waals surface area contributed by atoms with Gasteiger partial charge in [-0.2, -0.15) is 0 Å². The number of nitrogens with one attached hydrogen (secondary N) is 1. The topological polar surface area (TPSA) is 55.1 Å². The van der Waals surface area contributed by atoms with Crippen molar-refractivity contribution in [3.8, 4) is 0 Å². The molecule has 1 aromatic rings. The van der Waals surface area contributed by atoms with Crippen LogP contribution in [0, 0.1) is 17.6 Å². The second kappa shape index (κ2) is 6.44. The molecule has 0 saturated heterocycles. The molecule has 2 atom stereocenters. The molecular formula is C13H18F2N2O. The van der Waals surface area contributed by atoms with E-state index in [2.05, 4.69) is 5.32 Å². The van der Waals surface area contributed by atoms with E-state index in [1.807, 2.05) is 6.92 Å². The van der Waals surface area contributed by atoms with Gasteiger partial charge in [-0.3, -0.25) is 4.79 Å². The summed E-state index contributed by atoms with van der Waals surface area (Å²) in [4.78, 5) is 11.6. The molecule has 0 bridgehead atoms. The van der Waals surface area contributed by atoms with E-state index in [-0.39, 0.29) is 17.9 Å². The van der Waals surface area contributed by atoms with E-state index in [9.17, 15) is 13.6 Å². The molecule has 0 radical (unpaired) electrons. The Kier molecular flexibility index (Phi) is 5.22. The summed E-state index contributed by atoms with van der Waals surface area (Å²) < 4.78 is 25.8. The monoisotopic (exact) mass is 256 g/mol. The van der Waals surface area contributed by atoms with Crippen molar-refractivity contribution in [2.45, 2.75) is 26.3 Å². The molecule has 2 unspecified atom stereocenters. The van der Waals surface area contributed by atoms with Crippen molar-refractivity contribution in [3.63, 3.8) is 0 Å². The zero-order valence-corrected chi connectivity index (χ0v) is 10.5. The van der Waals surface area contributed by atoms with E-state index in [0.29, 0.717) is 18.5 Å². The third-order valence-corrected chi connectivity index (χ3v) is 2.76. The predicted molar refractivity (Wildman–Crippen MR) is 65.8 cm³/mol. The first kappa shape index (κ1) is 14.6. The molecule has 0 aliphatic heterocycles. The third-order valence-electron chi connectivity index (χ3n) is 2.76. The summed E-state index contributed by atoms with van der Waals surface area (Å²) in [6, 6.07) is 3.23. The number of amides is 1. The molecule has 1 rings (SSSR count). The summed E-state index contributed by atoms with van der Waals surface area (Å²) in [5, 5.41) is 2.72. The van der Waals surface area contributed by atoms with Gasteiger partial charge in [0.05, 0.1) is 6.04 Å². The molecule has 0 aliphatic carbocycles. The van der Waals surface area contributed by atoms with Crippen LogP contribution in [0.1, 0.15) is 31.9 Å². The Labute approximate surface area is 105 Å². The smallest absolute Gasteiger partial charge is 0.220 e. The lowest BCUT2D eigenvalue weighted by Gasteiger charge is -2.16. The van der Waals surface area contributed by atoms with Crippen molar-refractivity contribution in [3.05, 3.63) is 35.4 Å². The van der Waals surface area contributed by atoms with Crippen molar-refractivity contribution in [2.75, 3.05) is 6.54 Å². The van der Waals surface area contributed by atoms with Crippen molar-refractivity contribution < 1.29 is 13.6 Å². The molecule has 1 aromatic carbocycles. The molecule has 3 nitrogen and oxygen atoms in total. The van der Waals surface area contributed by atoms with Crippen LogP contribution in [0.5, 0.6) is 0 Å². The maximum absolute atomic E-state index is 13.0. The molecule has 1 amide bonds. The van der Waals surface area contributed by atoms with Gasteiger partial charge in [-0.05, 0) is 37.1 Å². The Morgan fingerprint density at radius 1 is 1.33 bits per heavy atom. The SMILES string of the molecule is CC(CN)CC(=O)NC(C)c1ccc(F)c(F)c1. The van der Waals surface area contributed by atoms with Crippen LogP contribution < -0.4 is 11.1 Å². The molecule has 0 heterocycles. The van der Waals surface area contributed by atoms with Crippen LogP contribution in [0.3, 0.4) is 0 Å². The molecule has 3 N–H and O–H groups in total. The minimum atomic E-state index is -0.913. The highest BCUT2D eigenvalue weighted by Crippen LogP contribution is 2.16. The lowest BCUT2D eigenvalue weighted by molar-refractivity contribution is -0.122. The Balaban J connectivity index is 2.62. The average Bonchev–Trinajstić information content (AvgIpc) is 2.32. The number of hydrogen-bond donors (Lipinski definition) is 2. The summed E-state index contributed by atoms with van der Waals surface area (Å²) in [5.41, 5.74) is 5.96. The van der Waals surface area contributed by atoms with E-state index in [0.717, 1.165) is 12.1 Å². The molecule has 18 heavy (non-hydrogen) atoms. The van der Waals surface area contributed by atoms with Gasteiger partial charge in [-0.25, -0.2) is 8.78 Å². The number of nitrogens with two attached hydrogens (primary N) is 1. The van der Waals surface area contributed by atoms with Crippen LogP contribution >= 0.6 is 0 Å².